The summed E-state index contributed by atoms with van der Waals surface area (Å²) >= 11 is 1.31. The van der Waals surface area contributed by atoms with Gasteiger partial charge in [0.25, 0.3) is 0 Å². The zero-order valence-electron chi connectivity index (χ0n) is 10.0. The Morgan fingerprint density at radius 1 is 1.41 bits per heavy atom. The van der Waals surface area contributed by atoms with Gasteiger partial charge < -0.3 is 10.3 Å². The van der Waals surface area contributed by atoms with Crippen molar-refractivity contribution in [3.05, 3.63) is 32.5 Å². The number of nitrogens with two attached hydrogens (primary N) is 1. The summed E-state index contributed by atoms with van der Waals surface area (Å²) < 4.78 is 3.63. The fourth-order valence-corrected chi connectivity index (χ4v) is 2.60. The van der Waals surface area contributed by atoms with Crippen molar-refractivity contribution >= 4 is 17.2 Å². The first-order valence-electron chi connectivity index (χ1n) is 5.53. The van der Waals surface area contributed by atoms with Crippen molar-refractivity contribution < 1.29 is 0 Å². The van der Waals surface area contributed by atoms with Gasteiger partial charge in [-0.2, -0.15) is 5.10 Å². The van der Waals surface area contributed by atoms with Gasteiger partial charge in [0.1, 0.15) is 5.82 Å². The molecule has 0 aliphatic rings. The lowest BCUT2D eigenvalue weighted by Crippen LogP contribution is -2.16. The van der Waals surface area contributed by atoms with E-state index in [9.17, 15) is 4.79 Å². The molecule has 0 saturated heterocycles. The number of rotatable bonds is 4. The van der Waals surface area contributed by atoms with Crippen LogP contribution in [-0.2, 0) is 13.1 Å². The van der Waals surface area contributed by atoms with Crippen molar-refractivity contribution in [2.24, 2.45) is 0 Å². The van der Waals surface area contributed by atoms with E-state index in [1.165, 1.54) is 11.3 Å². The van der Waals surface area contributed by atoms with E-state index in [0.717, 1.165) is 30.1 Å². The van der Waals surface area contributed by atoms with Crippen LogP contribution in [0.2, 0.25) is 0 Å². The molecule has 5 nitrogen and oxygen atoms in total. The third-order valence-corrected chi connectivity index (χ3v) is 3.80. The quantitative estimate of drug-likeness (QED) is 0.894. The summed E-state index contributed by atoms with van der Waals surface area (Å²) in [5.41, 5.74) is 6.60. The van der Waals surface area contributed by atoms with Crippen molar-refractivity contribution in [3.63, 3.8) is 0 Å². The Kier molecular flexibility index (Phi) is 3.33. The van der Waals surface area contributed by atoms with Crippen LogP contribution in [0.3, 0.4) is 0 Å². The topological polar surface area (TPSA) is 65.8 Å². The van der Waals surface area contributed by atoms with E-state index in [2.05, 4.69) is 5.10 Å². The second-order valence-electron chi connectivity index (χ2n) is 4.02. The minimum atomic E-state index is 0.125. The second kappa shape index (κ2) is 4.75. The largest absolute Gasteiger partial charge is 0.382 e. The number of anilines is 1. The molecule has 2 rings (SSSR count). The highest BCUT2D eigenvalue weighted by molar-refractivity contribution is 7.09. The van der Waals surface area contributed by atoms with Gasteiger partial charge in [0, 0.05) is 29.9 Å². The van der Waals surface area contributed by atoms with E-state index in [0.29, 0.717) is 5.82 Å². The molecule has 6 heteroatoms. The van der Waals surface area contributed by atoms with Crippen molar-refractivity contribution in [3.8, 4) is 0 Å². The molecule has 92 valence electrons. The molecule has 0 saturated carbocycles. The maximum Gasteiger partial charge on any atom is 0.307 e. The average molecular weight is 252 g/mol. The summed E-state index contributed by atoms with van der Waals surface area (Å²) in [7, 11) is 0. The Morgan fingerprint density at radius 3 is 2.71 bits per heavy atom. The van der Waals surface area contributed by atoms with E-state index in [4.69, 9.17) is 5.73 Å². The van der Waals surface area contributed by atoms with Gasteiger partial charge in [-0.15, -0.1) is 0 Å². The van der Waals surface area contributed by atoms with Crippen molar-refractivity contribution in [1.82, 2.24) is 14.3 Å². The molecule has 0 amide bonds. The van der Waals surface area contributed by atoms with Gasteiger partial charge in [-0.3, -0.25) is 9.48 Å². The summed E-state index contributed by atoms with van der Waals surface area (Å²) in [6.45, 7) is 5.47. The van der Waals surface area contributed by atoms with Gasteiger partial charge in [-0.1, -0.05) is 11.3 Å². The summed E-state index contributed by atoms with van der Waals surface area (Å²) in [5.74, 6) is 0.532. The van der Waals surface area contributed by atoms with Gasteiger partial charge in [0.15, 0.2) is 0 Å². The van der Waals surface area contributed by atoms with E-state index in [-0.39, 0.29) is 4.87 Å². The molecule has 0 bridgehead atoms. The molecule has 0 radical (unpaired) electrons. The predicted octanol–water partition coefficient (Wildman–Crippen LogP) is 1.40. The molecule has 0 atom stereocenters. The van der Waals surface area contributed by atoms with E-state index < -0.39 is 0 Å². The van der Waals surface area contributed by atoms with Crippen LogP contribution >= 0.6 is 11.3 Å². The molecule has 0 aliphatic heterocycles. The van der Waals surface area contributed by atoms with Crippen molar-refractivity contribution in [2.75, 3.05) is 5.73 Å². The van der Waals surface area contributed by atoms with Crippen LogP contribution in [0.15, 0.2) is 17.1 Å². The van der Waals surface area contributed by atoms with Crippen LogP contribution in [0.1, 0.15) is 17.0 Å². The molecule has 2 aromatic rings. The number of thiazole rings is 1. The zero-order valence-corrected chi connectivity index (χ0v) is 10.8. The van der Waals surface area contributed by atoms with Crippen LogP contribution in [0.25, 0.3) is 0 Å². The van der Waals surface area contributed by atoms with Crippen LogP contribution in [0, 0.1) is 13.8 Å². The first-order valence-corrected chi connectivity index (χ1v) is 6.35. The standard InChI is InChI=1S/C11H16N4OS/c1-8-9(2)17-11(16)15(8)6-3-5-14-7-4-10(12)13-14/h4,7H,3,5-6H2,1-2H3,(H2,12,13). The highest BCUT2D eigenvalue weighted by Crippen LogP contribution is 2.10. The summed E-state index contributed by atoms with van der Waals surface area (Å²) in [5, 5.41) is 4.10. The Labute approximate surface area is 103 Å². The lowest BCUT2D eigenvalue weighted by atomic mass is 10.3. The molecular weight excluding hydrogens is 236 g/mol. The maximum absolute atomic E-state index is 11.6. The molecule has 2 aromatic heterocycles. The van der Waals surface area contributed by atoms with E-state index in [1.54, 1.807) is 10.7 Å². The highest BCUT2D eigenvalue weighted by Gasteiger charge is 2.06. The number of aromatic nitrogens is 3. The Morgan fingerprint density at radius 2 is 2.18 bits per heavy atom. The molecule has 0 fully saturated rings. The van der Waals surface area contributed by atoms with Crippen LogP contribution in [-0.4, -0.2) is 14.3 Å². The van der Waals surface area contributed by atoms with Gasteiger partial charge in [0.2, 0.25) is 0 Å². The van der Waals surface area contributed by atoms with Crippen LogP contribution < -0.4 is 10.6 Å². The summed E-state index contributed by atoms with van der Waals surface area (Å²) in [6, 6.07) is 1.77. The highest BCUT2D eigenvalue weighted by atomic mass is 32.1. The van der Waals surface area contributed by atoms with Crippen molar-refractivity contribution in [2.45, 2.75) is 33.4 Å². The zero-order chi connectivity index (χ0) is 12.4. The fourth-order valence-electron chi connectivity index (χ4n) is 1.74. The average Bonchev–Trinajstić information content (AvgIpc) is 2.78. The summed E-state index contributed by atoms with van der Waals surface area (Å²) in [6.07, 6.45) is 2.72. The normalized spacial score (nSPS) is 10.9. The number of nitrogens with zero attached hydrogens (tertiary/aromatic N) is 3. The number of hydrogen-bond acceptors (Lipinski definition) is 4. The third kappa shape index (κ3) is 2.58. The van der Waals surface area contributed by atoms with Gasteiger partial charge in [-0.05, 0) is 26.3 Å². The summed E-state index contributed by atoms with van der Waals surface area (Å²) in [4.78, 5) is 12.9. The van der Waals surface area contributed by atoms with Gasteiger partial charge in [-0.25, -0.2) is 0 Å². The molecule has 17 heavy (non-hydrogen) atoms. The lowest BCUT2D eigenvalue weighted by molar-refractivity contribution is 0.519. The number of hydrogen-bond donors (Lipinski definition) is 1. The molecule has 2 N–H and O–H groups in total. The Bertz CT molecular complexity index is 566. The second-order valence-corrected chi connectivity index (χ2v) is 5.18. The fraction of sp³-hybridized carbons (Fsp3) is 0.455. The van der Waals surface area contributed by atoms with Crippen molar-refractivity contribution in [1.29, 1.82) is 0 Å². The van der Waals surface area contributed by atoms with Gasteiger partial charge >= 0.3 is 4.87 Å². The monoisotopic (exact) mass is 252 g/mol. The molecule has 2 heterocycles. The number of nitrogen functional groups attached to an aromatic ring is 1. The SMILES string of the molecule is Cc1sc(=O)n(CCCn2ccc(N)n2)c1C. The first-order chi connectivity index (χ1) is 8.08. The first kappa shape index (κ1) is 11.9. The molecule has 0 aromatic carbocycles. The number of aryl methyl sites for hydroxylation is 2. The smallest absolute Gasteiger partial charge is 0.307 e. The molecule has 0 spiro atoms. The Balaban J connectivity index is 1.96. The van der Waals surface area contributed by atoms with Crippen LogP contribution in [0.5, 0.6) is 0 Å². The molecular formula is C11H16N4OS. The molecule has 0 unspecified atom stereocenters. The Hall–Kier alpha value is -1.56. The van der Waals surface area contributed by atoms with Crippen LogP contribution in [0.4, 0.5) is 5.82 Å². The van der Waals surface area contributed by atoms with Gasteiger partial charge in [0.05, 0.1) is 0 Å². The minimum Gasteiger partial charge on any atom is -0.382 e. The van der Waals surface area contributed by atoms with E-state index in [1.807, 2.05) is 24.6 Å². The predicted molar refractivity (Wildman–Crippen MR) is 69.3 cm³/mol. The minimum absolute atomic E-state index is 0.125. The van der Waals surface area contributed by atoms with E-state index >= 15 is 0 Å². The third-order valence-electron chi connectivity index (χ3n) is 2.81. The lowest BCUT2D eigenvalue weighted by Gasteiger charge is -2.05. The molecule has 0 aliphatic carbocycles. The maximum atomic E-state index is 11.6.